The molecule has 2 fully saturated rings. The SMILES string of the molecule is [C-]#[N+]C(C#N)=Nc1cc2c(s1)C1=CC3C=C4C(=CC3C=C1C1(CCCCC1)O2)c1sc(N=C(C#N)C#N)cc1OC41CCCCC1. The normalized spacial score (nSPS) is 24.5. The van der Waals surface area contributed by atoms with E-state index in [4.69, 9.17) is 16.0 Å². The van der Waals surface area contributed by atoms with E-state index in [0.29, 0.717) is 10.0 Å². The van der Waals surface area contributed by atoms with E-state index in [9.17, 15) is 15.8 Å². The predicted molar refractivity (Wildman–Crippen MR) is 178 cm³/mol. The molecule has 6 aliphatic rings. The number of rotatable bonds is 2. The van der Waals surface area contributed by atoms with Crippen LogP contribution in [-0.2, 0) is 0 Å². The van der Waals surface area contributed by atoms with Gasteiger partial charge < -0.3 is 14.3 Å². The summed E-state index contributed by atoms with van der Waals surface area (Å²) in [5.74, 6) is 1.66. The Morgan fingerprint density at radius 1 is 0.717 bits per heavy atom. The number of ether oxygens (including phenoxy) is 2. The second-order valence-electron chi connectivity index (χ2n) is 12.7. The number of nitriles is 3. The molecule has 2 atom stereocenters. The van der Waals surface area contributed by atoms with Crippen LogP contribution in [0.25, 0.3) is 16.0 Å². The highest BCUT2D eigenvalue weighted by Gasteiger charge is 2.50. The molecule has 2 unspecified atom stereocenters. The van der Waals surface area contributed by atoms with Crippen LogP contribution in [0.2, 0.25) is 0 Å². The van der Waals surface area contributed by atoms with Gasteiger partial charge in [0.25, 0.3) is 0 Å². The van der Waals surface area contributed by atoms with Gasteiger partial charge in [0.05, 0.1) is 9.75 Å². The van der Waals surface area contributed by atoms with Crippen LogP contribution < -0.4 is 9.47 Å². The maximum absolute atomic E-state index is 9.33. The molecular weight excluding hydrogens is 613 g/mol. The highest BCUT2D eigenvalue weighted by molar-refractivity contribution is 7.17. The fourth-order valence-corrected chi connectivity index (χ4v) is 10.1. The average molecular weight is 641 g/mol. The quantitative estimate of drug-likeness (QED) is 0.184. The van der Waals surface area contributed by atoms with Crippen LogP contribution in [0.4, 0.5) is 10.0 Å². The minimum Gasteiger partial charge on any atom is -0.481 e. The lowest BCUT2D eigenvalue weighted by Gasteiger charge is -2.48. The van der Waals surface area contributed by atoms with Crippen molar-refractivity contribution in [3.05, 3.63) is 68.8 Å². The zero-order chi connectivity index (χ0) is 31.5. The third kappa shape index (κ3) is 4.48. The Morgan fingerprint density at radius 3 is 1.63 bits per heavy atom. The minimum atomic E-state index is -0.413. The van der Waals surface area contributed by atoms with Crippen LogP contribution in [0.1, 0.15) is 74.0 Å². The molecule has 4 heterocycles. The van der Waals surface area contributed by atoms with E-state index in [-0.39, 0.29) is 23.4 Å². The number of hydrogen-bond acceptors (Lipinski definition) is 9. The highest BCUT2D eigenvalue weighted by Crippen LogP contribution is 2.60. The fourth-order valence-electron chi connectivity index (χ4n) is 8.11. The zero-order valence-corrected chi connectivity index (χ0v) is 26.6. The Hall–Kier alpha value is -4.74. The molecule has 0 bridgehead atoms. The van der Waals surface area contributed by atoms with Gasteiger partial charge in [0.2, 0.25) is 10.7 Å². The van der Waals surface area contributed by atoms with Crippen molar-refractivity contribution in [3.63, 3.8) is 0 Å². The molecule has 8 nitrogen and oxygen atoms in total. The summed E-state index contributed by atoms with van der Waals surface area (Å²) < 4.78 is 13.8. The smallest absolute Gasteiger partial charge is 0.350 e. The van der Waals surface area contributed by atoms with E-state index >= 15 is 0 Å². The molecule has 46 heavy (non-hydrogen) atoms. The highest BCUT2D eigenvalue weighted by atomic mass is 32.1. The van der Waals surface area contributed by atoms with E-state index in [1.807, 2.05) is 30.3 Å². The third-order valence-electron chi connectivity index (χ3n) is 10.1. The Labute approximate surface area is 275 Å². The number of allylic oxidation sites excluding steroid dienone is 4. The van der Waals surface area contributed by atoms with Crippen LogP contribution in [0.5, 0.6) is 11.5 Å². The summed E-state index contributed by atoms with van der Waals surface area (Å²) in [6.45, 7) is 7.30. The van der Waals surface area contributed by atoms with E-state index in [1.165, 1.54) is 57.8 Å². The molecule has 226 valence electrons. The van der Waals surface area contributed by atoms with E-state index in [0.717, 1.165) is 72.6 Å². The van der Waals surface area contributed by atoms with Crippen molar-refractivity contribution in [1.29, 1.82) is 15.8 Å². The monoisotopic (exact) mass is 640 g/mol. The van der Waals surface area contributed by atoms with Gasteiger partial charge in [0, 0.05) is 35.1 Å². The fraction of sp³-hybridized carbons (Fsp3) is 0.389. The molecule has 2 aromatic rings. The first-order valence-electron chi connectivity index (χ1n) is 15.8. The number of thiophene rings is 2. The lowest BCUT2D eigenvalue weighted by Crippen LogP contribution is -2.45. The second kappa shape index (κ2) is 11.0. The molecule has 2 aromatic heterocycles. The summed E-state index contributed by atoms with van der Waals surface area (Å²) in [5.41, 5.74) is 3.86. The maximum Gasteiger partial charge on any atom is 0.350 e. The van der Waals surface area contributed by atoms with Crippen molar-refractivity contribution < 1.29 is 9.47 Å². The van der Waals surface area contributed by atoms with Crippen LogP contribution in [0, 0.1) is 52.4 Å². The van der Waals surface area contributed by atoms with Gasteiger partial charge in [-0.25, -0.2) is 10.3 Å². The number of hydrogen-bond donors (Lipinski definition) is 0. The summed E-state index contributed by atoms with van der Waals surface area (Å²) in [6.07, 6.45) is 20.2. The summed E-state index contributed by atoms with van der Waals surface area (Å²) in [7, 11) is 0. The first kappa shape index (κ1) is 28.7. The van der Waals surface area contributed by atoms with Crippen LogP contribution in [-0.4, -0.2) is 22.7 Å². The van der Waals surface area contributed by atoms with E-state index in [1.54, 1.807) is 0 Å². The number of amidine groups is 1. The lowest BCUT2D eigenvalue weighted by atomic mass is 9.65. The summed E-state index contributed by atoms with van der Waals surface area (Å²) in [6, 6.07) is 9.43. The Kier molecular flexibility index (Phi) is 6.84. The number of nitrogens with zero attached hydrogens (tertiary/aromatic N) is 6. The summed E-state index contributed by atoms with van der Waals surface area (Å²) in [5, 5.41) is 29.2. The molecule has 0 amide bonds. The van der Waals surface area contributed by atoms with Crippen LogP contribution in [0.15, 0.2) is 57.6 Å². The molecule has 8 rings (SSSR count). The van der Waals surface area contributed by atoms with Crippen molar-refractivity contribution in [2.24, 2.45) is 21.8 Å². The average Bonchev–Trinajstić information content (AvgIpc) is 3.68. The standard InChI is InChI=1S/C36H28N6O2S2/c1-40-30(20-39)42-32-17-29-34(46-32)25-13-22-14-26-24(12-21(22)15-27(25)36(44-29)10-6-3-7-11-36)33-28(43-35(26)8-4-2-5-9-35)16-31(45-33)41-23(18-37)19-38/h12-17,21-22H,2-11H2. The van der Waals surface area contributed by atoms with Crippen molar-refractivity contribution >= 4 is 55.4 Å². The van der Waals surface area contributed by atoms with Gasteiger partial charge in [-0.15, -0.1) is 11.3 Å². The van der Waals surface area contributed by atoms with Gasteiger partial charge in [0.1, 0.15) is 45.9 Å². The predicted octanol–water partition coefficient (Wildman–Crippen LogP) is 9.17. The number of aliphatic imine (C=N–C) groups is 2. The van der Waals surface area contributed by atoms with E-state index in [2.05, 4.69) is 39.1 Å². The van der Waals surface area contributed by atoms with Crippen LogP contribution >= 0.6 is 22.7 Å². The van der Waals surface area contributed by atoms with Crippen molar-refractivity contribution in [3.8, 4) is 29.7 Å². The number of fused-ring (bicyclic) bond motifs is 9. The molecule has 0 saturated heterocycles. The Morgan fingerprint density at radius 2 is 1.20 bits per heavy atom. The van der Waals surface area contributed by atoms with Gasteiger partial charge in [-0.1, -0.05) is 60.0 Å². The molecule has 10 heteroatoms. The Balaban J connectivity index is 1.27. The van der Waals surface area contributed by atoms with Crippen molar-refractivity contribution in [2.45, 2.75) is 75.4 Å². The first-order valence-corrected chi connectivity index (χ1v) is 17.4. The topological polar surface area (TPSA) is 119 Å². The molecule has 0 N–H and O–H groups in total. The lowest BCUT2D eigenvalue weighted by molar-refractivity contribution is 0.0636. The molecule has 2 saturated carbocycles. The van der Waals surface area contributed by atoms with Gasteiger partial charge in [-0.2, -0.15) is 10.5 Å². The van der Waals surface area contributed by atoms with Gasteiger partial charge in [0.15, 0.2) is 0 Å². The molecule has 2 aliphatic heterocycles. The second-order valence-corrected chi connectivity index (χ2v) is 14.8. The largest absolute Gasteiger partial charge is 0.481 e. The van der Waals surface area contributed by atoms with Crippen LogP contribution in [0.3, 0.4) is 0 Å². The van der Waals surface area contributed by atoms with E-state index < -0.39 is 11.2 Å². The molecule has 0 radical (unpaired) electrons. The molecule has 2 spiro atoms. The summed E-state index contributed by atoms with van der Waals surface area (Å²) in [4.78, 5) is 13.9. The van der Waals surface area contributed by atoms with Gasteiger partial charge >= 0.3 is 5.84 Å². The van der Waals surface area contributed by atoms with Gasteiger partial charge in [-0.05, 0) is 62.5 Å². The third-order valence-corrected chi connectivity index (χ3v) is 12.2. The first-order chi connectivity index (χ1) is 22.5. The Bertz CT molecular complexity index is 1850. The maximum atomic E-state index is 9.33. The minimum absolute atomic E-state index is 0.126. The summed E-state index contributed by atoms with van der Waals surface area (Å²) >= 11 is 2.95. The van der Waals surface area contributed by atoms with Gasteiger partial charge in [-0.3, -0.25) is 0 Å². The molecule has 4 aliphatic carbocycles. The van der Waals surface area contributed by atoms with Crippen molar-refractivity contribution in [1.82, 2.24) is 0 Å². The molecular formula is C36H28N6O2S2. The van der Waals surface area contributed by atoms with Crippen molar-refractivity contribution in [2.75, 3.05) is 0 Å². The molecule has 0 aromatic carbocycles. The zero-order valence-electron chi connectivity index (χ0n) is 25.0.